The topological polar surface area (TPSA) is 59.3 Å². The standard InChI is InChI=1S/C18H15NO3/c1-12-6-2-3-7-13(12)11-19-16-9-5-4-8-14(16)15(18(21)22)10-17(19)20/h2-10H,11H2,1H3,(H,21,22). The van der Waals surface area contributed by atoms with Crippen LogP contribution in [0.2, 0.25) is 0 Å². The van der Waals surface area contributed by atoms with Gasteiger partial charge in [0.25, 0.3) is 5.56 Å². The van der Waals surface area contributed by atoms with Crippen LogP contribution in [0.4, 0.5) is 0 Å². The van der Waals surface area contributed by atoms with E-state index in [1.807, 2.05) is 37.3 Å². The Morgan fingerprint density at radius 1 is 1.09 bits per heavy atom. The molecule has 0 unspecified atom stereocenters. The molecule has 0 radical (unpaired) electrons. The fourth-order valence-electron chi connectivity index (χ4n) is 2.63. The summed E-state index contributed by atoms with van der Waals surface area (Å²) in [5.41, 5.74) is 2.51. The Balaban J connectivity index is 2.25. The van der Waals surface area contributed by atoms with E-state index in [-0.39, 0.29) is 11.1 Å². The largest absolute Gasteiger partial charge is 0.478 e. The van der Waals surface area contributed by atoms with E-state index in [1.165, 1.54) is 6.07 Å². The molecular weight excluding hydrogens is 278 g/mol. The van der Waals surface area contributed by atoms with Crippen LogP contribution in [0, 0.1) is 6.92 Å². The first-order valence-corrected chi connectivity index (χ1v) is 6.98. The summed E-state index contributed by atoms with van der Waals surface area (Å²) < 4.78 is 1.62. The zero-order valence-corrected chi connectivity index (χ0v) is 12.1. The number of aromatic carboxylic acids is 1. The monoisotopic (exact) mass is 293 g/mol. The van der Waals surface area contributed by atoms with Gasteiger partial charge in [-0.05, 0) is 24.1 Å². The molecule has 0 aliphatic carbocycles. The predicted molar refractivity (Wildman–Crippen MR) is 85.4 cm³/mol. The SMILES string of the molecule is Cc1ccccc1Cn1c(=O)cc(C(=O)O)c2ccccc21. The molecule has 0 atom stereocenters. The summed E-state index contributed by atoms with van der Waals surface area (Å²) in [6.45, 7) is 2.42. The van der Waals surface area contributed by atoms with Crippen LogP contribution in [-0.2, 0) is 6.54 Å². The van der Waals surface area contributed by atoms with Gasteiger partial charge < -0.3 is 9.67 Å². The van der Waals surface area contributed by atoms with Gasteiger partial charge in [0, 0.05) is 11.5 Å². The van der Waals surface area contributed by atoms with Gasteiger partial charge >= 0.3 is 5.97 Å². The van der Waals surface area contributed by atoms with Crippen LogP contribution in [0.25, 0.3) is 10.9 Å². The van der Waals surface area contributed by atoms with Crippen molar-refractivity contribution >= 4 is 16.9 Å². The predicted octanol–water partition coefficient (Wildman–Crippen LogP) is 3.06. The lowest BCUT2D eigenvalue weighted by Gasteiger charge is -2.13. The summed E-state index contributed by atoms with van der Waals surface area (Å²) in [6, 6.07) is 16.1. The number of nitrogens with zero attached hydrogens (tertiary/aromatic N) is 1. The number of fused-ring (bicyclic) bond motifs is 1. The van der Waals surface area contributed by atoms with Gasteiger partial charge in [0.15, 0.2) is 0 Å². The maximum Gasteiger partial charge on any atom is 0.336 e. The number of hydrogen-bond acceptors (Lipinski definition) is 2. The second-order valence-corrected chi connectivity index (χ2v) is 5.23. The molecule has 2 aromatic carbocycles. The van der Waals surface area contributed by atoms with E-state index in [4.69, 9.17) is 0 Å². The summed E-state index contributed by atoms with van der Waals surface area (Å²) in [4.78, 5) is 23.7. The van der Waals surface area contributed by atoms with Crippen molar-refractivity contribution in [3.8, 4) is 0 Å². The summed E-state index contributed by atoms with van der Waals surface area (Å²) in [6.07, 6.45) is 0. The van der Waals surface area contributed by atoms with E-state index in [2.05, 4.69) is 0 Å². The van der Waals surface area contributed by atoms with E-state index in [0.717, 1.165) is 11.1 Å². The van der Waals surface area contributed by atoms with Crippen LogP contribution in [0.5, 0.6) is 0 Å². The first-order chi connectivity index (χ1) is 10.6. The Kier molecular flexibility index (Phi) is 3.51. The molecule has 3 rings (SSSR count). The number of carboxylic acids is 1. The van der Waals surface area contributed by atoms with Gasteiger partial charge in [-0.25, -0.2) is 4.79 Å². The minimum Gasteiger partial charge on any atom is -0.478 e. The highest BCUT2D eigenvalue weighted by Crippen LogP contribution is 2.18. The van der Waals surface area contributed by atoms with Crippen LogP contribution < -0.4 is 5.56 Å². The maximum absolute atomic E-state index is 12.4. The molecule has 22 heavy (non-hydrogen) atoms. The third-order valence-electron chi connectivity index (χ3n) is 3.84. The lowest BCUT2D eigenvalue weighted by Crippen LogP contribution is -2.22. The van der Waals surface area contributed by atoms with Gasteiger partial charge in [0.05, 0.1) is 17.6 Å². The molecule has 0 saturated carbocycles. The first kappa shape index (κ1) is 14.1. The lowest BCUT2D eigenvalue weighted by atomic mass is 10.1. The Hall–Kier alpha value is -2.88. The number of pyridine rings is 1. The van der Waals surface area contributed by atoms with Crippen molar-refractivity contribution in [3.05, 3.63) is 81.6 Å². The summed E-state index contributed by atoms with van der Waals surface area (Å²) >= 11 is 0. The van der Waals surface area contributed by atoms with Gasteiger partial charge in [-0.1, -0.05) is 42.5 Å². The Labute approximate surface area is 127 Å². The molecule has 1 aromatic heterocycles. The third-order valence-corrected chi connectivity index (χ3v) is 3.84. The molecule has 110 valence electrons. The summed E-state index contributed by atoms with van der Waals surface area (Å²) in [5, 5.41) is 9.86. The molecule has 0 fully saturated rings. The van der Waals surface area contributed by atoms with E-state index in [9.17, 15) is 14.7 Å². The lowest BCUT2D eigenvalue weighted by molar-refractivity contribution is 0.0698. The third kappa shape index (κ3) is 2.39. The minimum absolute atomic E-state index is 0.0432. The molecular formula is C18H15NO3. The molecule has 1 heterocycles. The number of para-hydroxylation sites is 1. The van der Waals surface area contributed by atoms with Crippen LogP contribution in [-0.4, -0.2) is 15.6 Å². The number of aromatic nitrogens is 1. The second-order valence-electron chi connectivity index (χ2n) is 5.23. The second kappa shape index (κ2) is 5.48. The molecule has 3 aromatic rings. The van der Waals surface area contributed by atoms with E-state index in [0.29, 0.717) is 17.4 Å². The molecule has 0 aliphatic heterocycles. The fraction of sp³-hybridized carbons (Fsp3) is 0.111. The minimum atomic E-state index is -1.09. The Morgan fingerprint density at radius 2 is 1.77 bits per heavy atom. The zero-order chi connectivity index (χ0) is 15.7. The van der Waals surface area contributed by atoms with Crippen molar-refractivity contribution in [1.29, 1.82) is 0 Å². The maximum atomic E-state index is 12.4. The molecule has 1 N–H and O–H groups in total. The number of aryl methyl sites for hydroxylation is 1. The van der Waals surface area contributed by atoms with Crippen LogP contribution in [0.1, 0.15) is 21.5 Å². The number of benzene rings is 2. The van der Waals surface area contributed by atoms with Crippen LogP contribution in [0.3, 0.4) is 0 Å². The molecule has 0 spiro atoms. The fourth-order valence-corrected chi connectivity index (χ4v) is 2.63. The highest BCUT2D eigenvalue weighted by Gasteiger charge is 2.14. The zero-order valence-electron chi connectivity index (χ0n) is 12.1. The van der Waals surface area contributed by atoms with Gasteiger partial charge in [-0.15, -0.1) is 0 Å². The highest BCUT2D eigenvalue weighted by molar-refractivity contribution is 6.02. The van der Waals surface area contributed by atoms with Crippen molar-refractivity contribution in [2.24, 2.45) is 0 Å². The number of hydrogen-bond donors (Lipinski definition) is 1. The number of rotatable bonds is 3. The van der Waals surface area contributed by atoms with Gasteiger partial charge in [-0.2, -0.15) is 0 Å². The molecule has 0 bridgehead atoms. The average Bonchev–Trinajstić information content (AvgIpc) is 2.51. The van der Waals surface area contributed by atoms with E-state index < -0.39 is 5.97 Å². The highest BCUT2D eigenvalue weighted by atomic mass is 16.4. The number of carboxylic acid groups (broad SMARTS) is 1. The van der Waals surface area contributed by atoms with Crippen molar-refractivity contribution in [2.75, 3.05) is 0 Å². The first-order valence-electron chi connectivity index (χ1n) is 6.98. The van der Waals surface area contributed by atoms with Crippen LogP contribution >= 0.6 is 0 Å². The molecule has 4 heteroatoms. The van der Waals surface area contributed by atoms with Gasteiger partial charge in [0.1, 0.15) is 0 Å². The Bertz CT molecular complexity index is 925. The normalized spacial score (nSPS) is 10.8. The Morgan fingerprint density at radius 3 is 2.50 bits per heavy atom. The van der Waals surface area contributed by atoms with Crippen molar-refractivity contribution in [3.63, 3.8) is 0 Å². The van der Waals surface area contributed by atoms with E-state index >= 15 is 0 Å². The van der Waals surface area contributed by atoms with Crippen molar-refractivity contribution in [1.82, 2.24) is 4.57 Å². The molecule has 0 amide bonds. The molecule has 0 saturated heterocycles. The van der Waals surface area contributed by atoms with Gasteiger partial charge in [-0.3, -0.25) is 4.79 Å². The van der Waals surface area contributed by atoms with Gasteiger partial charge in [0.2, 0.25) is 0 Å². The quantitative estimate of drug-likeness (QED) is 0.807. The summed E-state index contributed by atoms with van der Waals surface area (Å²) in [7, 11) is 0. The van der Waals surface area contributed by atoms with Crippen molar-refractivity contribution in [2.45, 2.75) is 13.5 Å². The molecule has 0 aliphatic rings. The summed E-state index contributed by atoms with van der Waals surface area (Å²) in [5.74, 6) is -1.09. The molecule has 4 nitrogen and oxygen atoms in total. The van der Waals surface area contributed by atoms with Crippen molar-refractivity contribution < 1.29 is 9.90 Å². The van der Waals surface area contributed by atoms with E-state index in [1.54, 1.807) is 22.8 Å². The number of carbonyl (C=O) groups is 1. The van der Waals surface area contributed by atoms with Crippen LogP contribution in [0.15, 0.2) is 59.4 Å². The smallest absolute Gasteiger partial charge is 0.336 e. The average molecular weight is 293 g/mol.